The van der Waals surface area contributed by atoms with Gasteiger partial charge in [-0.25, -0.2) is 0 Å². The molecule has 0 heterocycles. The van der Waals surface area contributed by atoms with Crippen LogP contribution in [0.2, 0.25) is 10.0 Å². The first-order chi connectivity index (χ1) is 8.10. The van der Waals surface area contributed by atoms with Crippen molar-refractivity contribution in [3.63, 3.8) is 0 Å². The van der Waals surface area contributed by atoms with Gasteiger partial charge in [0.25, 0.3) is 0 Å². The van der Waals surface area contributed by atoms with E-state index in [1.54, 1.807) is 7.11 Å². The number of ether oxygens (including phenoxy) is 1. The van der Waals surface area contributed by atoms with Gasteiger partial charge in [0.15, 0.2) is 5.75 Å². The average molecular weight is 290 g/mol. The average Bonchev–Trinajstić information content (AvgIpc) is 2.28. The van der Waals surface area contributed by atoms with Crippen LogP contribution < -0.4 is 4.74 Å². The normalized spacial score (nSPS) is 11.9. The van der Waals surface area contributed by atoms with Crippen LogP contribution in [0.5, 0.6) is 5.75 Å². The fourth-order valence-electron chi connectivity index (χ4n) is 1.51. The van der Waals surface area contributed by atoms with E-state index in [0.717, 1.165) is 17.7 Å². The van der Waals surface area contributed by atoms with Crippen molar-refractivity contribution < 1.29 is 4.74 Å². The summed E-state index contributed by atoms with van der Waals surface area (Å²) in [6.45, 7) is 2.09. The van der Waals surface area contributed by atoms with Gasteiger partial charge in [-0.2, -0.15) is 5.26 Å². The highest BCUT2D eigenvalue weighted by molar-refractivity contribution is 8.03. The number of halogens is 2. The van der Waals surface area contributed by atoms with Crippen LogP contribution in [0.15, 0.2) is 12.1 Å². The van der Waals surface area contributed by atoms with Gasteiger partial charge in [-0.3, -0.25) is 0 Å². The number of hydrogen-bond acceptors (Lipinski definition) is 3. The summed E-state index contributed by atoms with van der Waals surface area (Å²) in [6, 6.07) is 3.74. The third kappa shape index (κ3) is 3.99. The molecule has 92 valence electrons. The number of methoxy groups -OCH3 is 1. The smallest absolute Gasteiger partial charge is 0.156 e. The van der Waals surface area contributed by atoms with Crippen molar-refractivity contribution in [3.8, 4) is 11.2 Å². The van der Waals surface area contributed by atoms with E-state index in [-0.39, 0.29) is 0 Å². The number of nitriles is 1. The number of hydrogen-bond donors (Lipinski definition) is 0. The molecule has 1 aromatic carbocycles. The highest BCUT2D eigenvalue weighted by Crippen LogP contribution is 2.36. The van der Waals surface area contributed by atoms with E-state index < -0.39 is 0 Å². The van der Waals surface area contributed by atoms with Crippen molar-refractivity contribution in [1.82, 2.24) is 0 Å². The maximum atomic E-state index is 8.46. The van der Waals surface area contributed by atoms with Crippen LogP contribution in [0.4, 0.5) is 0 Å². The molecule has 1 unspecified atom stereocenters. The second-order valence-corrected chi connectivity index (χ2v) is 5.34. The van der Waals surface area contributed by atoms with Crippen LogP contribution >= 0.6 is 35.0 Å². The first-order valence-corrected chi connectivity index (χ1v) is 6.88. The molecule has 0 saturated carbocycles. The summed E-state index contributed by atoms with van der Waals surface area (Å²) in [6.07, 6.45) is 0.914. The van der Waals surface area contributed by atoms with E-state index in [1.165, 1.54) is 11.8 Å². The van der Waals surface area contributed by atoms with Crippen molar-refractivity contribution in [2.24, 2.45) is 0 Å². The topological polar surface area (TPSA) is 33.0 Å². The predicted molar refractivity (Wildman–Crippen MR) is 74.1 cm³/mol. The molecule has 0 aliphatic carbocycles. The number of benzene rings is 1. The van der Waals surface area contributed by atoms with Crippen LogP contribution in [0.25, 0.3) is 0 Å². The van der Waals surface area contributed by atoms with Crippen molar-refractivity contribution in [1.29, 1.82) is 5.26 Å². The lowest BCUT2D eigenvalue weighted by Crippen LogP contribution is -1.97. The minimum absolute atomic E-state index is 0.316. The van der Waals surface area contributed by atoms with Crippen LogP contribution in [0, 0.1) is 10.7 Å². The van der Waals surface area contributed by atoms with Crippen molar-refractivity contribution in [2.75, 3.05) is 12.9 Å². The van der Waals surface area contributed by atoms with E-state index in [0.29, 0.717) is 21.7 Å². The number of nitrogens with zero attached hydrogens (tertiary/aromatic N) is 1. The third-order valence-corrected chi connectivity index (χ3v) is 3.64. The fraction of sp³-hybridized carbons (Fsp3) is 0.417. The molecule has 0 N–H and O–H groups in total. The minimum Gasteiger partial charge on any atom is -0.494 e. The number of thiocyanates is 1. The molecule has 0 aliphatic heterocycles. The van der Waals surface area contributed by atoms with Gasteiger partial charge in [0.1, 0.15) is 5.40 Å². The molecule has 0 bridgehead atoms. The van der Waals surface area contributed by atoms with Crippen LogP contribution in [0.1, 0.15) is 24.8 Å². The Morgan fingerprint density at radius 2 is 2.00 bits per heavy atom. The van der Waals surface area contributed by atoms with E-state index in [9.17, 15) is 0 Å². The van der Waals surface area contributed by atoms with Crippen molar-refractivity contribution >= 4 is 35.0 Å². The van der Waals surface area contributed by atoms with E-state index >= 15 is 0 Å². The highest BCUT2D eigenvalue weighted by Gasteiger charge is 2.12. The second-order valence-electron chi connectivity index (χ2n) is 3.65. The monoisotopic (exact) mass is 289 g/mol. The minimum atomic E-state index is 0.316. The van der Waals surface area contributed by atoms with Gasteiger partial charge >= 0.3 is 0 Å². The van der Waals surface area contributed by atoms with Gasteiger partial charge in [0.2, 0.25) is 0 Å². The van der Waals surface area contributed by atoms with E-state index in [4.69, 9.17) is 33.2 Å². The van der Waals surface area contributed by atoms with Crippen molar-refractivity contribution in [2.45, 2.75) is 19.3 Å². The van der Waals surface area contributed by atoms with Gasteiger partial charge in [-0.15, -0.1) is 0 Å². The van der Waals surface area contributed by atoms with Crippen molar-refractivity contribution in [3.05, 3.63) is 27.7 Å². The van der Waals surface area contributed by atoms with Crippen LogP contribution in [-0.4, -0.2) is 12.9 Å². The van der Waals surface area contributed by atoms with Crippen LogP contribution in [-0.2, 0) is 0 Å². The zero-order chi connectivity index (χ0) is 12.8. The lowest BCUT2D eigenvalue weighted by Gasteiger charge is -2.14. The Kier molecular flexibility index (Phi) is 5.97. The number of rotatable bonds is 5. The van der Waals surface area contributed by atoms with E-state index in [2.05, 4.69) is 12.3 Å². The summed E-state index contributed by atoms with van der Waals surface area (Å²) in [7, 11) is 1.54. The zero-order valence-electron chi connectivity index (χ0n) is 9.67. The van der Waals surface area contributed by atoms with Gasteiger partial charge in [-0.05, 0) is 41.8 Å². The lowest BCUT2D eigenvalue weighted by atomic mass is 9.98. The van der Waals surface area contributed by atoms with Gasteiger partial charge in [-0.1, -0.05) is 30.1 Å². The molecule has 2 nitrogen and oxygen atoms in total. The summed E-state index contributed by atoms with van der Waals surface area (Å²) in [5.74, 6) is 1.63. The maximum absolute atomic E-state index is 8.46. The molecule has 0 amide bonds. The molecular formula is C12H13Cl2NOS. The Hall–Kier alpha value is -0.560. The zero-order valence-corrected chi connectivity index (χ0v) is 12.0. The number of thioether (sulfide) groups is 1. The molecule has 1 aromatic rings. The molecule has 0 saturated heterocycles. The fourth-order valence-corrected chi connectivity index (χ4v) is 2.73. The molecular weight excluding hydrogens is 277 g/mol. The molecule has 0 radical (unpaired) electrons. The molecule has 0 aliphatic rings. The van der Waals surface area contributed by atoms with Gasteiger partial charge in [0.05, 0.1) is 17.2 Å². The third-order valence-electron chi connectivity index (χ3n) is 2.51. The quantitative estimate of drug-likeness (QED) is 0.581. The summed E-state index contributed by atoms with van der Waals surface area (Å²) in [5, 5.41) is 11.6. The maximum Gasteiger partial charge on any atom is 0.156 e. The van der Waals surface area contributed by atoms with Gasteiger partial charge < -0.3 is 4.74 Å². The Labute approximate surface area is 116 Å². The Bertz CT molecular complexity index is 408. The summed E-state index contributed by atoms with van der Waals surface area (Å²) in [5.41, 5.74) is 1.07. The molecule has 5 heteroatoms. The molecule has 17 heavy (non-hydrogen) atoms. The molecule has 0 aromatic heterocycles. The lowest BCUT2D eigenvalue weighted by molar-refractivity contribution is 0.415. The first-order valence-electron chi connectivity index (χ1n) is 5.14. The largest absolute Gasteiger partial charge is 0.494 e. The van der Waals surface area contributed by atoms with E-state index in [1.807, 2.05) is 12.1 Å². The predicted octanol–water partition coefficient (Wildman–Crippen LogP) is 4.71. The van der Waals surface area contributed by atoms with Crippen LogP contribution in [0.3, 0.4) is 0 Å². The van der Waals surface area contributed by atoms with Gasteiger partial charge in [0, 0.05) is 5.75 Å². The standard InChI is InChI=1S/C12H13Cl2NOS/c1-8(3-4-17-7-15)9-5-10(13)12(16-2)11(14)6-9/h5-6,8H,3-4H2,1-2H3. The molecule has 0 fully saturated rings. The first kappa shape index (κ1) is 14.5. The SMILES string of the molecule is COc1c(Cl)cc(C(C)CCSC#N)cc1Cl. The summed E-state index contributed by atoms with van der Waals surface area (Å²) >= 11 is 13.4. The Balaban J connectivity index is 2.82. The highest BCUT2D eigenvalue weighted by atomic mass is 35.5. The summed E-state index contributed by atoms with van der Waals surface area (Å²) in [4.78, 5) is 0. The molecule has 1 atom stereocenters. The molecule has 1 rings (SSSR count). The molecule has 0 spiro atoms. The Morgan fingerprint density at radius 1 is 1.41 bits per heavy atom. The Morgan fingerprint density at radius 3 is 2.47 bits per heavy atom. The summed E-state index contributed by atoms with van der Waals surface area (Å²) < 4.78 is 5.10. The second kappa shape index (κ2) is 7.00.